The second-order valence-electron chi connectivity index (χ2n) is 5.91. The molecule has 120 valence electrons. The van der Waals surface area contributed by atoms with Crippen LogP contribution in [0.15, 0.2) is 29.2 Å². The van der Waals surface area contributed by atoms with Crippen molar-refractivity contribution in [3.8, 4) is 0 Å². The van der Waals surface area contributed by atoms with Crippen LogP contribution in [0.25, 0.3) is 0 Å². The quantitative estimate of drug-likeness (QED) is 0.772. The minimum absolute atomic E-state index is 0.0606. The molecule has 1 heterocycles. The van der Waals surface area contributed by atoms with E-state index in [1.54, 1.807) is 24.3 Å². The molecule has 7 heteroatoms. The van der Waals surface area contributed by atoms with Crippen molar-refractivity contribution in [2.75, 3.05) is 20.2 Å². The van der Waals surface area contributed by atoms with Crippen molar-refractivity contribution in [2.24, 2.45) is 0 Å². The van der Waals surface area contributed by atoms with Crippen LogP contribution in [0.4, 0.5) is 0 Å². The Labute approximate surface area is 130 Å². The molecule has 1 saturated heterocycles. The third-order valence-corrected chi connectivity index (χ3v) is 5.96. The lowest BCUT2D eigenvalue weighted by Gasteiger charge is -2.15. The van der Waals surface area contributed by atoms with Gasteiger partial charge in [-0.3, -0.25) is 4.79 Å². The van der Waals surface area contributed by atoms with E-state index in [0.29, 0.717) is 6.54 Å². The highest BCUT2D eigenvalue weighted by atomic mass is 32.2. The van der Waals surface area contributed by atoms with Crippen molar-refractivity contribution in [2.45, 2.75) is 35.6 Å². The molecule has 0 amide bonds. The Hall–Kier alpha value is -1.44. The lowest BCUT2D eigenvalue weighted by atomic mass is 9.96. The van der Waals surface area contributed by atoms with E-state index in [9.17, 15) is 13.2 Å². The summed E-state index contributed by atoms with van der Waals surface area (Å²) in [6, 6.07) is 6.48. The Morgan fingerprint density at radius 2 is 2.00 bits per heavy atom. The number of benzene rings is 1. The number of hydrogen-bond donors (Lipinski definition) is 2. The molecule has 1 aromatic carbocycles. The van der Waals surface area contributed by atoms with Crippen LogP contribution >= 0.6 is 0 Å². The van der Waals surface area contributed by atoms with E-state index in [2.05, 4.69) is 10.0 Å². The van der Waals surface area contributed by atoms with Gasteiger partial charge in [-0.15, -0.1) is 0 Å². The number of ether oxygens (including phenoxy) is 1. The zero-order chi connectivity index (χ0) is 15.8. The van der Waals surface area contributed by atoms with Crippen LogP contribution in [0, 0.1) is 0 Å². The molecule has 0 bridgehead atoms. The zero-order valence-corrected chi connectivity index (χ0v) is 13.3. The summed E-state index contributed by atoms with van der Waals surface area (Å²) >= 11 is 0. The van der Waals surface area contributed by atoms with Gasteiger partial charge in [0.1, 0.15) is 0 Å². The standard InChI is InChI=1S/C15H20N2O4S/c1-21-14(18)15(7-8-15)11-2-4-13(5-3-11)22(19,20)17-12-6-9-16-10-12/h2-5,12,16-17H,6-10H2,1H3. The second kappa shape index (κ2) is 5.64. The molecule has 1 aliphatic carbocycles. The average molecular weight is 324 g/mol. The molecule has 1 saturated carbocycles. The first-order chi connectivity index (χ1) is 10.5. The molecule has 6 nitrogen and oxygen atoms in total. The summed E-state index contributed by atoms with van der Waals surface area (Å²) < 4.78 is 32.2. The van der Waals surface area contributed by atoms with E-state index in [-0.39, 0.29) is 16.9 Å². The first-order valence-electron chi connectivity index (χ1n) is 7.40. The summed E-state index contributed by atoms with van der Waals surface area (Å²) in [7, 11) is -2.14. The largest absolute Gasteiger partial charge is 0.468 e. The van der Waals surface area contributed by atoms with Gasteiger partial charge in [0.15, 0.2) is 0 Å². The second-order valence-corrected chi connectivity index (χ2v) is 7.62. The number of hydrogen-bond acceptors (Lipinski definition) is 5. The number of esters is 1. The maximum absolute atomic E-state index is 12.3. The predicted octanol–water partition coefficient (Wildman–Crippen LogP) is 0.531. The van der Waals surface area contributed by atoms with E-state index in [0.717, 1.165) is 31.4 Å². The fraction of sp³-hybridized carbons (Fsp3) is 0.533. The van der Waals surface area contributed by atoms with Crippen LogP contribution in [0.2, 0.25) is 0 Å². The molecule has 2 N–H and O–H groups in total. The summed E-state index contributed by atoms with van der Waals surface area (Å²) in [5, 5.41) is 3.12. The first kappa shape index (κ1) is 15.5. The average Bonchev–Trinajstić information content (AvgIpc) is 3.18. The van der Waals surface area contributed by atoms with Gasteiger partial charge in [0.25, 0.3) is 0 Å². The lowest BCUT2D eigenvalue weighted by molar-refractivity contribution is -0.143. The van der Waals surface area contributed by atoms with Crippen molar-refractivity contribution in [1.82, 2.24) is 10.0 Å². The summed E-state index contributed by atoms with van der Waals surface area (Å²) in [6.07, 6.45) is 2.29. The van der Waals surface area contributed by atoms with E-state index >= 15 is 0 Å². The normalized spacial score (nSPS) is 23.2. The number of sulfonamides is 1. The molecule has 3 rings (SSSR count). The molecule has 2 aliphatic rings. The van der Waals surface area contributed by atoms with E-state index in [1.165, 1.54) is 7.11 Å². The summed E-state index contributed by atoms with van der Waals surface area (Å²) in [5.74, 6) is -0.252. The first-order valence-corrected chi connectivity index (χ1v) is 8.88. The van der Waals surface area contributed by atoms with Crippen molar-refractivity contribution in [3.05, 3.63) is 29.8 Å². The third kappa shape index (κ3) is 2.76. The molecule has 0 spiro atoms. The Morgan fingerprint density at radius 3 is 2.50 bits per heavy atom. The number of nitrogens with one attached hydrogen (secondary N) is 2. The Morgan fingerprint density at radius 1 is 1.32 bits per heavy atom. The van der Waals surface area contributed by atoms with Crippen LogP contribution in [0.3, 0.4) is 0 Å². The minimum Gasteiger partial charge on any atom is -0.468 e. The molecule has 1 unspecified atom stereocenters. The maximum Gasteiger partial charge on any atom is 0.316 e. The topological polar surface area (TPSA) is 84.5 Å². The number of rotatable bonds is 5. The van der Waals surface area contributed by atoms with Gasteiger partial charge in [-0.05, 0) is 43.5 Å². The predicted molar refractivity (Wildman–Crippen MR) is 81.0 cm³/mol. The van der Waals surface area contributed by atoms with Crippen LogP contribution in [-0.2, 0) is 25.0 Å². The molecule has 1 aromatic rings. The SMILES string of the molecule is COC(=O)C1(c2ccc(S(=O)(=O)NC3CCNC3)cc2)CC1. The number of carbonyl (C=O) groups excluding carboxylic acids is 1. The van der Waals surface area contributed by atoms with Gasteiger partial charge in [-0.2, -0.15) is 0 Å². The Balaban J connectivity index is 1.78. The van der Waals surface area contributed by atoms with Crippen molar-refractivity contribution < 1.29 is 17.9 Å². The molecule has 1 atom stereocenters. The minimum atomic E-state index is -3.52. The van der Waals surface area contributed by atoms with Gasteiger partial charge in [0, 0.05) is 12.6 Å². The van der Waals surface area contributed by atoms with Gasteiger partial charge >= 0.3 is 5.97 Å². The molecule has 0 aromatic heterocycles. The van der Waals surface area contributed by atoms with Crippen LogP contribution in [0.5, 0.6) is 0 Å². The molecule has 2 fully saturated rings. The zero-order valence-electron chi connectivity index (χ0n) is 12.5. The van der Waals surface area contributed by atoms with Gasteiger partial charge in [0.05, 0.1) is 17.4 Å². The fourth-order valence-corrected chi connectivity index (χ4v) is 4.20. The highest BCUT2D eigenvalue weighted by molar-refractivity contribution is 7.89. The highest BCUT2D eigenvalue weighted by Crippen LogP contribution is 2.49. The van der Waals surface area contributed by atoms with Crippen molar-refractivity contribution in [1.29, 1.82) is 0 Å². The fourth-order valence-electron chi connectivity index (χ4n) is 2.93. The number of methoxy groups -OCH3 is 1. The van der Waals surface area contributed by atoms with Gasteiger partial charge in [0.2, 0.25) is 10.0 Å². The van der Waals surface area contributed by atoms with E-state index in [1.807, 2.05) is 0 Å². The molecular formula is C15H20N2O4S. The Bertz CT molecular complexity index is 659. The van der Waals surface area contributed by atoms with E-state index in [4.69, 9.17) is 4.74 Å². The van der Waals surface area contributed by atoms with Crippen LogP contribution in [0.1, 0.15) is 24.8 Å². The highest BCUT2D eigenvalue weighted by Gasteiger charge is 2.52. The summed E-state index contributed by atoms with van der Waals surface area (Å²) in [5.41, 5.74) is 0.251. The van der Waals surface area contributed by atoms with Crippen LogP contribution in [-0.4, -0.2) is 40.6 Å². The third-order valence-electron chi connectivity index (χ3n) is 4.43. The molecular weight excluding hydrogens is 304 g/mol. The van der Waals surface area contributed by atoms with Crippen LogP contribution < -0.4 is 10.0 Å². The smallest absolute Gasteiger partial charge is 0.316 e. The molecule has 0 radical (unpaired) electrons. The van der Waals surface area contributed by atoms with Gasteiger partial charge in [-0.25, -0.2) is 13.1 Å². The summed E-state index contributed by atoms with van der Waals surface area (Å²) in [4.78, 5) is 12.1. The maximum atomic E-state index is 12.3. The summed E-state index contributed by atoms with van der Waals surface area (Å²) in [6.45, 7) is 1.48. The molecule has 22 heavy (non-hydrogen) atoms. The lowest BCUT2D eigenvalue weighted by Crippen LogP contribution is -2.36. The van der Waals surface area contributed by atoms with E-state index < -0.39 is 15.4 Å². The van der Waals surface area contributed by atoms with Crippen molar-refractivity contribution in [3.63, 3.8) is 0 Å². The Kier molecular flexibility index (Phi) is 3.96. The van der Waals surface area contributed by atoms with Crippen molar-refractivity contribution >= 4 is 16.0 Å². The monoisotopic (exact) mass is 324 g/mol. The number of carbonyl (C=O) groups is 1. The van der Waals surface area contributed by atoms with Gasteiger partial charge in [-0.1, -0.05) is 12.1 Å². The van der Waals surface area contributed by atoms with Gasteiger partial charge < -0.3 is 10.1 Å². The molecule has 1 aliphatic heterocycles.